The summed E-state index contributed by atoms with van der Waals surface area (Å²) in [6.07, 6.45) is 5.46. The maximum absolute atomic E-state index is 3.78. The van der Waals surface area contributed by atoms with Crippen molar-refractivity contribution in [3.63, 3.8) is 0 Å². The fourth-order valence-electron chi connectivity index (χ4n) is 2.82. The zero-order valence-corrected chi connectivity index (χ0v) is 11.4. The van der Waals surface area contributed by atoms with E-state index in [-0.39, 0.29) is 0 Å². The van der Waals surface area contributed by atoms with Crippen molar-refractivity contribution < 1.29 is 0 Å². The highest BCUT2D eigenvalue weighted by atomic mass is 14.9. The molecule has 1 aromatic rings. The van der Waals surface area contributed by atoms with Crippen molar-refractivity contribution in [2.75, 3.05) is 0 Å². The molecule has 1 aromatic carbocycles. The number of aryl methyl sites for hydroxylation is 1. The minimum atomic E-state index is 0.480. The van der Waals surface area contributed by atoms with Crippen molar-refractivity contribution in [2.24, 2.45) is 5.92 Å². The van der Waals surface area contributed by atoms with Gasteiger partial charge in [-0.3, -0.25) is 0 Å². The van der Waals surface area contributed by atoms with Gasteiger partial charge in [-0.2, -0.15) is 0 Å². The lowest BCUT2D eigenvalue weighted by molar-refractivity contribution is 0.291. The van der Waals surface area contributed by atoms with Crippen LogP contribution in [0.25, 0.3) is 0 Å². The molecule has 1 saturated carbocycles. The molecule has 0 aliphatic heterocycles. The third-order valence-corrected chi connectivity index (χ3v) is 4.04. The van der Waals surface area contributed by atoms with Gasteiger partial charge < -0.3 is 5.32 Å². The lowest BCUT2D eigenvalue weighted by Crippen LogP contribution is -2.34. The van der Waals surface area contributed by atoms with Crippen LogP contribution in [0.5, 0.6) is 0 Å². The highest BCUT2D eigenvalue weighted by Crippen LogP contribution is 2.25. The van der Waals surface area contributed by atoms with Gasteiger partial charge in [0.05, 0.1) is 0 Å². The molecule has 17 heavy (non-hydrogen) atoms. The van der Waals surface area contributed by atoms with Gasteiger partial charge in [-0.15, -0.1) is 0 Å². The highest BCUT2D eigenvalue weighted by Gasteiger charge is 2.19. The Kier molecular flexibility index (Phi) is 4.22. The molecule has 1 heteroatoms. The molecular weight excluding hydrogens is 206 g/mol. The summed E-state index contributed by atoms with van der Waals surface area (Å²) >= 11 is 0. The van der Waals surface area contributed by atoms with E-state index in [0.29, 0.717) is 6.04 Å². The number of hydrogen-bond donors (Lipinski definition) is 1. The summed E-state index contributed by atoms with van der Waals surface area (Å²) in [4.78, 5) is 0. The lowest BCUT2D eigenvalue weighted by Gasteiger charge is -2.30. The first-order chi connectivity index (χ1) is 8.15. The Balaban J connectivity index is 1.90. The maximum Gasteiger partial charge on any atom is 0.0294 e. The van der Waals surface area contributed by atoms with Crippen LogP contribution in [-0.4, -0.2) is 6.04 Å². The van der Waals surface area contributed by atoms with Crippen molar-refractivity contribution in [1.29, 1.82) is 0 Å². The van der Waals surface area contributed by atoms with E-state index in [2.05, 4.69) is 50.4 Å². The SMILES string of the molecule is Cc1cccc([C@@H](C)NC2CCC(C)CC2)c1. The lowest BCUT2D eigenvalue weighted by atomic mass is 9.87. The zero-order valence-electron chi connectivity index (χ0n) is 11.4. The van der Waals surface area contributed by atoms with Crippen molar-refractivity contribution >= 4 is 0 Å². The molecule has 1 fully saturated rings. The normalized spacial score (nSPS) is 26.8. The number of nitrogens with one attached hydrogen (secondary N) is 1. The summed E-state index contributed by atoms with van der Waals surface area (Å²) in [6, 6.07) is 10.1. The van der Waals surface area contributed by atoms with Crippen LogP contribution in [-0.2, 0) is 0 Å². The fraction of sp³-hybridized carbons (Fsp3) is 0.625. The first kappa shape index (κ1) is 12.6. The zero-order chi connectivity index (χ0) is 12.3. The van der Waals surface area contributed by atoms with E-state index < -0.39 is 0 Å². The van der Waals surface area contributed by atoms with E-state index in [1.54, 1.807) is 0 Å². The van der Waals surface area contributed by atoms with E-state index in [1.165, 1.54) is 36.8 Å². The van der Waals surface area contributed by atoms with E-state index in [0.717, 1.165) is 12.0 Å². The van der Waals surface area contributed by atoms with Gasteiger partial charge in [0.2, 0.25) is 0 Å². The van der Waals surface area contributed by atoms with Crippen LogP contribution in [0.3, 0.4) is 0 Å². The molecule has 94 valence electrons. The first-order valence-electron chi connectivity index (χ1n) is 6.98. The smallest absolute Gasteiger partial charge is 0.0294 e. The van der Waals surface area contributed by atoms with Gasteiger partial charge in [-0.05, 0) is 51.0 Å². The molecular formula is C16H25N. The molecule has 0 radical (unpaired) electrons. The summed E-state index contributed by atoms with van der Waals surface area (Å²) in [5.74, 6) is 0.933. The second-order valence-electron chi connectivity index (χ2n) is 5.76. The summed E-state index contributed by atoms with van der Waals surface area (Å²) < 4.78 is 0. The maximum atomic E-state index is 3.78. The predicted octanol–water partition coefficient (Wildman–Crippen LogP) is 4.22. The van der Waals surface area contributed by atoms with Crippen molar-refractivity contribution in [3.05, 3.63) is 35.4 Å². The van der Waals surface area contributed by atoms with Crippen molar-refractivity contribution in [2.45, 2.75) is 58.5 Å². The minimum Gasteiger partial charge on any atom is -0.307 e. The van der Waals surface area contributed by atoms with Crippen LogP contribution >= 0.6 is 0 Å². The van der Waals surface area contributed by atoms with Gasteiger partial charge in [0, 0.05) is 12.1 Å². The molecule has 1 aliphatic carbocycles. The molecule has 0 unspecified atom stereocenters. The van der Waals surface area contributed by atoms with Crippen LogP contribution in [0, 0.1) is 12.8 Å². The van der Waals surface area contributed by atoms with Gasteiger partial charge in [-0.25, -0.2) is 0 Å². The fourth-order valence-corrected chi connectivity index (χ4v) is 2.82. The van der Waals surface area contributed by atoms with E-state index >= 15 is 0 Å². The quantitative estimate of drug-likeness (QED) is 0.821. The Morgan fingerprint density at radius 3 is 2.53 bits per heavy atom. The van der Waals surface area contributed by atoms with Gasteiger partial charge in [-0.1, -0.05) is 36.8 Å². The van der Waals surface area contributed by atoms with E-state index in [4.69, 9.17) is 0 Å². The standard InChI is InChI=1S/C16H25N/c1-12-7-9-16(10-8-12)17-14(3)15-6-4-5-13(2)11-15/h4-6,11-12,14,16-17H,7-10H2,1-3H3/t12?,14-,16?/m1/s1. The van der Waals surface area contributed by atoms with Gasteiger partial charge in [0.15, 0.2) is 0 Å². The molecule has 0 bridgehead atoms. The molecule has 0 aromatic heterocycles. The Labute approximate surface area is 106 Å². The molecule has 1 N–H and O–H groups in total. The highest BCUT2D eigenvalue weighted by molar-refractivity contribution is 5.24. The molecule has 0 spiro atoms. The summed E-state index contributed by atoms with van der Waals surface area (Å²) in [6.45, 7) is 6.82. The summed E-state index contributed by atoms with van der Waals surface area (Å²) in [5.41, 5.74) is 2.78. The Hall–Kier alpha value is -0.820. The average Bonchev–Trinajstić information content (AvgIpc) is 2.32. The first-order valence-corrected chi connectivity index (χ1v) is 6.98. The Morgan fingerprint density at radius 2 is 1.88 bits per heavy atom. The van der Waals surface area contributed by atoms with Crippen LogP contribution in [0.2, 0.25) is 0 Å². The van der Waals surface area contributed by atoms with Crippen molar-refractivity contribution in [1.82, 2.24) is 5.32 Å². The monoisotopic (exact) mass is 231 g/mol. The number of rotatable bonds is 3. The molecule has 0 heterocycles. The number of hydrogen-bond acceptors (Lipinski definition) is 1. The molecule has 0 amide bonds. The summed E-state index contributed by atoms with van der Waals surface area (Å²) in [5, 5.41) is 3.78. The molecule has 1 aliphatic rings. The molecule has 2 rings (SSSR count). The van der Waals surface area contributed by atoms with Crippen molar-refractivity contribution in [3.8, 4) is 0 Å². The Bertz CT molecular complexity index is 350. The topological polar surface area (TPSA) is 12.0 Å². The average molecular weight is 231 g/mol. The molecule has 1 atom stereocenters. The predicted molar refractivity (Wildman–Crippen MR) is 74.1 cm³/mol. The van der Waals surface area contributed by atoms with Gasteiger partial charge >= 0.3 is 0 Å². The second kappa shape index (κ2) is 5.68. The second-order valence-corrected chi connectivity index (χ2v) is 5.76. The Morgan fingerprint density at radius 1 is 1.18 bits per heavy atom. The van der Waals surface area contributed by atoms with E-state index in [1.807, 2.05) is 0 Å². The number of benzene rings is 1. The third-order valence-electron chi connectivity index (χ3n) is 4.04. The van der Waals surface area contributed by atoms with Gasteiger partial charge in [0.25, 0.3) is 0 Å². The summed E-state index contributed by atoms with van der Waals surface area (Å²) in [7, 11) is 0. The third kappa shape index (κ3) is 3.57. The molecule has 0 saturated heterocycles. The van der Waals surface area contributed by atoms with Crippen LogP contribution < -0.4 is 5.32 Å². The van der Waals surface area contributed by atoms with E-state index in [9.17, 15) is 0 Å². The molecule has 1 nitrogen and oxygen atoms in total. The largest absolute Gasteiger partial charge is 0.307 e. The van der Waals surface area contributed by atoms with Crippen LogP contribution in [0.15, 0.2) is 24.3 Å². The van der Waals surface area contributed by atoms with Crippen LogP contribution in [0.1, 0.15) is 56.7 Å². The van der Waals surface area contributed by atoms with Crippen LogP contribution in [0.4, 0.5) is 0 Å². The van der Waals surface area contributed by atoms with Gasteiger partial charge in [0.1, 0.15) is 0 Å². The minimum absolute atomic E-state index is 0.480.